The summed E-state index contributed by atoms with van der Waals surface area (Å²) in [4.78, 5) is 24.0. The SMILES string of the molecule is CC(C)(C)NS(=O)(=O)c1cc(C(=O)OCC(=O)Nc2ccc(OC(F)F)cc2)ccc1Cl. The van der Waals surface area contributed by atoms with E-state index in [9.17, 15) is 26.8 Å². The number of sulfonamides is 1. The van der Waals surface area contributed by atoms with Crippen LogP contribution in [0.1, 0.15) is 31.1 Å². The largest absolute Gasteiger partial charge is 0.452 e. The molecule has 0 aliphatic carbocycles. The minimum Gasteiger partial charge on any atom is -0.452 e. The van der Waals surface area contributed by atoms with E-state index in [4.69, 9.17) is 16.3 Å². The van der Waals surface area contributed by atoms with Crippen molar-refractivity contribution in [1.82, 2.24) is 4.72 Å². The summed E-state index contributed by atoms with van der Waals surface area (Å²) in [5, 5.41) is 2.33. The van der Waals surface area contributed by atoms with Crippen LogP contribution in [0.3, 0.4) is 0 Å². The number of ether oxygens (including phenoxy) is 2. The Balaban J connectivity index is 2.01. The van der Waals surface area contributed by atoms with Gasteiger partial charge in [-0.1, -0.05) is 11.6 Å². The van der Waals surface area contributed by atoms with Crippen molar-refractivity contribution < 1.29 is 36.3 Å². The van der Waals surface area contributed by atoms with Crippen LogP contribution in [0.25, 0.3) is 0 Å². The second-order valence-electron chi connectivity index (χ2n) is 7.53. The standard InChI is InChI=1S/C20H21ClF2N2O6S/c1-20(2,3)25-32(28,29)16-10-12(4-9-15(16)21)18(27)30-11-17(26)24-13-5-7-14(8-6-13)31-19(22)23/h4-10,19,25H,11H2,1-3H3,(H,24,26). The molecule has 0 radical (unpaired) electrons. The van der Waals surface area contributed by atoms with E-state index in [0.717, 1.165) is 6.07 Å². The van der Waals surface area contributed by atoms with Crippen molar-refractivity contribution in [3.05, 3.63) is 53.1 Å². The Morgan fingerprint density at radius 1 is 1.09 bits per heavy atom. The molecule has 0 saturated carbocycles. The number of amides is 1. The summed E-state index contributed by atoms with van der Waals surface area (Å²) in [5.74, 6) is -1.72. The molecule has 0 saturated heterocycles. The third-order valence-electron chi connectivity index (χ3n) is 3.59. The molecular weight excluding hydrogens is 470 g/mol. The zero-order valence-corrected chi connectivity index (χ0v) is 18.9. The van der Waals surface area contributed by atoms with Gasteiger partial charge in [-0.3, -0.25) is 4.79 Å². The van der Waals surface area contributed by atoms with Gasteiger partial charge in [-0.25, -0.2) is 17.9 Å². The van der Waals surface area contributed by atoms with Crippen LogP contribution >= 0.6 is 11.6 Å². The molecule has 0 heterocycles. The highest BCUT2D eigenvalue weighted by molar-refractivity contribution is 7.89. The third kappa shape index (κ3) is 7.74. The van der Waals surface area contributed by atoms with Gasteiger partial charge in [0.05, 0.1) is 10.6 Å². The first-order chi connectivity index (χ1) is 14.8. The molecule has 0 spiro atoms. The maximum Gasteiger partial charge on any atom is 0.387 e. The number of halogens is 3. The molecule has 0 aliphatic heterocycles. The molecule has 0 aromatic heterocycles. The highest BCUT2D eigenvalue weighted by Gasteiger charge is 2.25. The van der Waals surface area contributed by atoms with Crippen molar-refractivity contribution in [2.75, 3.05) is 11.9 Å². The van der Waals surface area contributed by atoms with E-state index in [-0.39, 0.29) is 26.9 Å². The van der Waals surface area contributed by atoms with E-state index in [1.54, 1.807) is 20.8 Å². The summed E-state index contributed by atoms with van der Waals surface area (Å²) >= 11 is 5.99. The lowest BCUT2D eigenvalue weighted by molar-refractivity contribution is -0.119. The van der Waals surface area contributed by atoms with Gasteiger partial charge in [-0.05, 0) is 63.2 Å². The minimum absolute atomic E-state index is 0.0844. The molecule has 2 aromatic carbocycles. The van der Waals surface area contributed by atoms with Crippen molar-refractivity contribution in [2.45, 2.75) is 37.8 Å². The third-order valence-corrected chi connectivity index (χ3v) is 5.83. The van der Waals surface area contributed by atoms with Gasteiger partial charge in [-0.2, -0.15) is 8.78 Å². The zero-order valence-electron chi connectivity index (χ0n) is 17.3. The lowest BCUT2D eigenvalue weighted by atomic mass is 10.1. The first-order valence-electron chi connectivity index (χ1n) is 9.12. The average molecular weight is 491 g/mol. The fourth-order valence-corrected chi connectivity index (χ4v) is 4.37. The number of alkyl halides is 2. The van der Waals surface area contributed by atoms with E-state index in [0.29, 0.717) is 0 Å². The summed E-state index contributed by atoms with van der Waals surface area (Å²) in [6, 6.07) is 8.67. The molecule has 0 bridgehead atoms. The highest BCUT2D eigenvalue weighted by atomic mass is 35.5. The maximum atomic E-state index is 12.5. The summed E-state index contributed by atoms with van der Waals surface area (Å²) in [5.41, 5.74) is -0.633. The number of benzene rings is 2. The Kier molecular flexibility index (Phi) is 8.16. The van der Waals surface area contributed by atoms with E-state index in [1.807, 2.05) is 0 Å². The van der Waals surface area contributed by atoms with Crippen LogP contribution in [0.5, 0.6) is 5.75 Å². The number of nitrogens with one attached hydrogen (secondary N) is 2. The van der Waals surface area contributed by atoms with Crippen LogP contribution in [-0.2, 0) is 19.6 Å². The van der Waals surface area contributed by atoms with E-state index in [2.05, 4.69) is 14.8 Å². The van der Waals surface area contributed by atoms with Crippen LogP contribution in [0.4, 0.5) is 14.5 Å². The molecule has 0 fully saturated rings. The van der Waals surface area contributed by atoms with Gasteiger partial charge in [-0.15, -0.1) is 0 Å². The molecule has 32 heavy (non-hydrogen) atoms. The Hall–Kier alpha value is -2.76. The average Bonchev–Trinajstić information content (AvgIpc) is 2.65. The summed E-state index contributed by atoms with van der Waals surface area (Å²) in [7, 11) is -4.01. The van der Waals surface area contributed by atoms with Gasteiger partial charge in [0.15, 0.2) is 6.61 Å². The number of anilines is 1. The number of carbonyl (C=O) groups excluding carboxylic acids is 2. The Bertz CT molecular complexity index is 1090. The molecule has 1 amide bonds. The topological polar surface area (TPSA) is 111 Å². The second-order valence-corrected chi connectivity index (χ2v) is 9.59. The summed E-state index contributed by atoms with van der Waals surface area (Å²) in [6.45, 7) is 1.30. The predicted molar refractivity (Wildman–Crippen MR) is 114 cm³/mol. The summed E-state index contributed by atoms with van der Waals surface area (Å²) < 4.78 is 60.9. The molecule has 0 unspecified atom stereocenters. The van der Waals surface area contributed by atoms with Gasteiger partial charge in [0, 0.05) is 11.2 Å². The predicted octanol–water partition coefficient (Wildman–Crippen LogP) is 3.81. The molecule has 8 nitrogen and oxygen atoms in total. The first-order valence-corrected chi connectivity index (χ1v) is 11.0. The fourth-order valence-electron chi connectivity index (χ4n) is 2.43. The van der Waals surface area contributed by atoms with E-state index in [1.165, 1.54) is 36.4 Å². The Labute approximate surface area is 188 Å². The van der Waals surface area contributed by atoms with Gasteiger partial charge in [0.25, 0.3) is 5.91 Å². The Morgan fingerprint density at radius 3 is 2.28 bits per heavy atom. The van der Waals surface area contributed by atoms with Gasteiger partial charge < -0.3 is 14.8 Å². The van der Waals surface area contributed by atoms with Crippen LogP contribution in [0.2, 0.25) is 5.02 Å². The van der Waals surface area contributed by atoms with E-state index >= 15 is 0 Å². The Morgan fingerprint density at radius 2 is 1.72 bits per heavy atom. The molecule has 0 aliphatic rings. The zero-order chi connectivity index (χ0) is 24.1. The van der Waals surface area contributed by atoms with Crippen molar-refractivity contribution in [3.63, 3.8) is 0 Å². The van der Waals surface area contributed by atoms with Crippen molar-refractivity contribution >= 4 is 39.2 Å². The van der Waals surface area contributed by atoms with Crippen molar-refractivity contribution in [3.8, 4) is 5.75 Å². The van der Waals surface area contributed by atoms with Crippen LogP contribution in [-0.4, -0.2) is 39.1 Å². The lowest BCUT2D eigenvalue weighted by Gasteiger charge is -2.21. The molecule has 0 atom stereocenters. The number of hydrogen-bond donors (Lipinski definition) is 2. The number of rotatable bonds is 8. The van der Waals surface area contributed by atoms with Gasteiger partial charge in [0.2, 0.25) is 10.0 Å². The van der Waals surface area contributed by atoms with Crippen molar-refractivity contribution in [1.29, 1.82) is 0 Å². The molecule has 12 heteroatoms. The fraction of sp³-hybridized carbons (Fsp3) is 0.300. The number of carbonyl (C=O) groups is 2. The molecule has 2 aromatic rings. The lowest BCUT2D eigenvalue weighted by Crippen LogP contribution is -2.40. The maximum absolute atomic E-state index is 12.5. The van der Waals surface area contributed by atoms with Crippen LogP contribution < -0.4 is 14.8 Å². The van der Waals surface area contributed by atoms with Crippen LogP contribution in [0.15, 0.2) is 47.4 Å². The van der Waals surface area contributed by atoms with Gasteiger partial charge in [0.1, 0.15) is 10.6 Å². The van der Waals surface area contributed by atoms with Crippen LogP contribution in [0, 0.1) is 0 Å². The monoisotopic (exact) mass is 490 g/mol. The summed E-state index contributed by atoms with van der Waals surface area (Å²) in [6.07, 6.45) is 0. The van der Waals surface area contributed by atoms with E-state index < -0.39 is 40.7 Å². The molecule has 2 N–H and O–H groups in total. The van der Waals surface area contributed by atoms with Crippen molar-refractivity contribution in [2.24, 2.45) is 0 Å². The number of hydrogen-bond acceptors (Lipinski definition) is 6. The smallest absolute Gasteiger partial charge is 0.387 e. The highest BCUT2D eigenvalue weighted by Crippen LogP contribution is 2.24. The first kappa shape index (κ1) is 25.5. The quantitative estimate of drug-likeness (QED) is 0.544. The molecule has 174 valence electrons. The number of esters is 1. The molecular formula is C20H21ClF2N2O6S. The molecule has 2 rings (SSSR count). The second kappa shape index (κ2) is 10.2. The normalized spacial score (nSPS) is 11.8. The van der Waals surface area contributed by atoms with Gasteiger partial charge >= 0.3 is 12.6 Å². The minimum atomic E-state index is -4.01.